The summed E-state index contributed by atoms with van der Waals surface area (Å²) in [6, 6.07) is 0. The summed E-state index contributed by atoms with van der Waals surface area (Å²) < 4.78 is 5.59. The summed E-state index contributed by atoms with van der Waals surface area (Å²) in [5, 5.41) is 8.86. The number of carbonyl (C=O) groups excluding carboxylic acids is 1. The molecule has 1 N–H and O–H groups in total. The summed E-state index contributed by atoms with van der Waals surface area (Å²) in [4.78, 5) is 24.6. The number of carboxylic acids is 1. The highest BCUT2D eigenvalue weighted by atomic mass is 16.5. The topological polar surface area (TPSA) is 66.8 Å². The zero-order chi connectivity index (χ0) is 13.9. The van der Waals surface area contributed by atoms with Crippen molar-refractivity contribution in [3.63, 3.8) is 0 Å². The molecule has 1 aliphatic heterocycles. The molecule has 18 heavy (non-hydrogen) atoms. The zero-order valence-electron chi connectivity index (χ0n) is 11.5. The predicted octanol–water partition coefficient (Wildman–Crippen LogP) is 1.23. The number of ether oxygens (including phenoxy) is 1. The number of aliphatic carboxylic acids is 1. The first-order valence-corrected chi connectivity index (χ1v) is 6.44. The lowest BCUT2D eigenvalue weighted by atomic mass is 9.91. The first kappa shape index (κ1) is 15.0. The molecule has 0 saturated carbocycles. The Morgan fingerprint density at radius 1 is 1.39 bits per heavy atom. The van der Waals surface area contributed by atoms with Gasteiger partial charge in [-0.05, 0) is 12.3 Å². The summed E-state index contributed by atoms with van der Waals surface area (Å²) in [5.41, 5.74) is 0. The van der Waals surface area contributed by atoms with Crippen LogP contribution in [0.1, 0.15) is 27.2 Å². The van der Waals surface area contributed by atoms with Gasteiger partial charge in [-0.15, -0.1) is 0 Å². The number of rotatable bonds is 5. The fraction of sp³-hybridized carbons (Fsp3) is 0.846. The summed E-state index contributed by atoms with van der Waals surface area (Å²) in [6.07, 6.45) is 0.688. The van der Waals surface area contributed by atoms with Crippen LogP contribution in [-0.4, -0.2) is 48.2 Å². The first-order valence-electron chi connectivity index (χ1n) is 6.44. The smallest absolute Gasteiger partial charge is 0.308 e. The van der Waals surface area contributed by atoms with E-state index in [1.807, 2.05) is 13.8 Å². The largest absolute Gasteiger partial charge is 0.481 e. The highest BCUT2D eigenvalue weighted by Crippen LogP contribution is 2.28. The fourth-order valence-electron chi connectivity index (χ4n) is 2.39. The van der Waals surface area contributed by atoms with Crippen LogP contribution in [0.5, 0.6) is 0 Å². The van der Waals surface area contributed by atoms with Gasteiger partial charge in [0, 0.05) is 20.2 Å². The standard InChI is InChI=1S/C13H23NO4/c1-8(2)11-10(5-6-18-11)12(15)14(4)7-9(3)13(16)17/h8-11H,5-7H2,1-4H3,(H,16,17). The maximum Gasteiger partial charge on any atom is 0.308 e. The summed E-state index contributed by atoms with van der Waals surface area (Å²) in [7, 11) is 1.66. The Hall–Kier alpha value is -1.10. The average molecular weight is 257 g/mol. The molecule has 1 amide bonds. The summed E-state index contributed by atoms with van der Waals surface area (Å²) in [6.45, 7) is 6.54. The number of nitrogens with zero attached hydrogens (tertiary/aromatic N) is 1. The van der Waals surface area contributed by atoms with E-state index in [0.717, 1.165) is 6.42 Å². The maximum atomic E-state index is 12.3. The van der Waals surface area contributed by atoms with Crippen molar-refractivity contribution >= 4 is 11.9 Å². The van der Waals surface area contributed by atoms with Crippen LogP contribution in [0.2, 0.25) is 0 Å². The van der Waals surface area contributed by atoms with Crippen molar-refractivity contribution in [2.45, 2.75) is 33.3 Å². The van der Waals surface area contributed by atoms with Crippen molar-refractivity contribution < 1.29 is 19.4 Å². The van der Waals surface area contributed by atoms with Crippen LogP contribution in [0.15, 0.2) is 0 Å². The van der Waals surface area contributed by atoms with Crippen LogP contribution in [-0.2, 0) is 14.3 Å². The van der Waals surface area contributed by atoms with E-state index in [-0.39, 0.29) is 24.5 Å². The Bertz CT molecular complexity index is 316. The van der Waals surface area contributed by atoms with E-state index in [1.165, 1.54) is 4.90 Å². The van der Waals surface area contributed by atoms with E-state index >= 15 is 0 Å². The van der Waals surface area contributed by atoms with Crippen molar-refractivity contribution in [3.8, 4) is 0 Å². The third-order valence-corrected chi connectivity index (χ3v) is 3.46. The van der Waals surface area contributed by atoms with Gasteiger partial charge >= 0.3 is 5.97 Å². The van der Waals surface area contributed by atoms with E-state index in [4.69, 9.17) is 9.84 Å². The molecule has 5 nitrogen and oxygen atoms in total. The van der Waals surface area contributed by atoms with Crippen molar-refractivity contribution in [1.82, 2.24) is 4.90 Å². The quantitative estimate of drug-likeness (QED) is 0.804. The molecule has 1 rings (SSSR count). The Balaban J connectivity index is 2.60. The first-order chi connectivity index (χ1) is 8.34. The van der Waals surface area contributed by atoms with Gasteiger partial charge in [-0.1, -0.05) is 20.8 Å². The van der Waals surface area contributed by atoms with Crippen LogP contribution in [0.3, 0.4) is 0 Å². The lowest BCUT2D eigenvalue weighted by Crippen LogP contribution is -2.41. The molecule has 0 aromatic carbocycles. The molecule has 1 heterocycles. The van der Waals surface area contributed by atoms with Crippen molar-refractivity contribution in [3.05, 3.63) is 0 Å². The van der Waals surface area contributed by atoms with E-state index in [0.29, 0.717) is 12.5 Å². The van der Waals surface area contributed by atoms with Gasteiger partial charge in [-0.3, -0.25) is 9.59 Å². The monoisotopic (exact) mass is 257 g/mol. The molecular formula is C13H23NO4. The van der Waals surface area contributed by atoms with Gasteiger partial charge in [0.05, 0.1) is 17.9 Å². The average Bonchev–Trinajstić information content (AvgIpc) is 2.76. The minimum atomic E-state index is -0.877. The second kappa shape index (κ2) is 6.18. The molecule has 3 atom stereocenters. The Morgan fingerprint density at radius 3 is 2.50 bits per heavy atom. The number of hydrogen-bond acceptors (Lipinski definition) is 3. The molecule has 5 heteroatoms. The second-order valence-electron chi connectivity index (χ2n) is 5.43. The predicted molar refractivity (Wildman–Crippen MR) is 67.1 cm³/mol. The lowest BCUT2D eigenvalue weighted by molar-refractivity contribution is -0.144. The number of carboxylic acid groups (broad SMARTS) is 1. The van der Waals surface area contributed by atoms with Crippen LogP contribution in [0.4, 0.5) is 0 Å². The minimum Gasteiger partial charge on any atom is -0.481 e. The third kappa shape index (κ3) is 3.45. The summed E-state index contributed by atoms with van der Waals surface area (Å²) >= 11 is 0. The molecule has 104 valence electrons. The van der Waals surface area contributed by atoms with E-state index in [9.17, 15) is 9.59 Å². The van der Waals surface area contributed by atoms with Gasteiger partial charge in [0.1, 0.15) is 0 Å². The molecule has 0 aromatic rings. The number of carbonyl (C=O) groups is 2. The molecule has 0 aliphatic carbocycles. The van der Waals surface area contributed by atoms with Gasteiger partial charge in [0.2, 0.25) is 5.91 Å². The summed E-state index contributed by atoms with van der Waals surface area (Å²) in [5.74, 6) is -1.25. The molecule has 3 unspecified atom stereocenters. The third-order valence-electron chi connectivity index (χ3n) is 3.46. The molecule has 0 spiro atoms. The molecule has 0 bridgehead atoms. The van der Waals surface area contributed by atoms with Crippen LogP contribution in [0.25, 0.3) is 0 Å². The van der Waals surface area contributed by atoms with Gasteiger partial charge in [-0.2, -0.15) is 0 Å². The maximum absolute atomic E-state index is 12.3. The second-order valence-corrected chi connectivity index (χ2v) is 5.43. The van der Waals surface area contributed by atoms with Crippen LogP contribution < -0.4 is 0 Å². The number of amides is 1. The minimum absolute atomic E-state index is 0.000648. The van der Waals surface area contributed by atoms with E-state index in [1.54, 1.807) is 14.0 Å². The van der Waals surface area contributed by atoms with Gasteiger partial charge in [0.15, 0.2) is 0 Å². The molecule has 0 aromatic heterocycles. The molecule has 0 radical (unpaired) electrons. The number of hydrogen-bond donors (Lipinski definition) is 1. The van der Waals surface area contributed by atoms with Crippen LogP contribution in [0, 0.1) is 17.8 Å². The molecule has 1 fully saturated rings. The van der Waals surface area contributed by atoms with Gasteiger partial charge < -0.3 is 14.7 Å². The Morgan fingerprint density at radius 2 is 2.00 bits per heavy atom. The van der Waals surface area contributed by atoms with Gasteiger partial charge in [0.25, 0.3) is 0 Å². The van der Waals surface area contributed by atoms with Crippen molar-refractivity contribution in [2.75, 3.05) is 20.2 Å². The highest BCUT2D eigenvalue weighted by Gasteiger charge is 2.37. The Labute approximate surface area is 108 Å². The Kier molecular flexibility index (Phi) is 5.14. The van der Waals surface area contributed by atoms with Crippen molar-refractivity contribution in [2.24, 2.45) is 17.8 Å². The molecule has 1 saturated heterocycles. The van der Waals surface area contributed by atoms with Crippen molar-refractivity contribution in [1.29, 1.82) is 0 Å². The van der Waals surface area contributed by atoms with Gasteiger partial charge in [-0.25, -0.2) is 0 Å². The SMILES string of the molecule is CC(CN(C)C(=O)C1CCOC1C(C)C)C(=O)O. The molecular weight excluding hydrogens is 234 g/mol. The van der Waals surface area contributed by atoms with Crippen LogP contribution >= 0.6 is 0 Å². The fourth-order valence-corrected chi connectivity index (χ4v) is 2.39. The van der Waals surface area contributed by atoms with E-state index in [2.05, 4.69) is 0 Å². The zero-order valence-corrected chi connectivity index (χ0v) is 11.5. The normalized spacial score (nSPS) is 25.2. The van der Waals surface area contributed by atoms with E-state index < -0.39 is 11.9 Å². The highest BCUT2D eigenvalue weighted by molar-refractivity contribution is 5.80. The molecule has 1 aliphatic rings. The lowest BCUT2D eigenvalue weighted by Gasteiger charge is -2.27.